The fourth-order valence-corrected chi connectivity index (χ4v) is 6.39. The van der Waals surface area contributed by atoms with Gasteiger partial charge in [0.05, 0.1) is 33.8 Å². The van der Waals surface area contributed by atoms with Crippen molar-refractivity contribution in [2.75, 3.05) is 7.11 Å². The third-order valence-electron chi connectivity index (χ3n) is 5.90. The van der Waals surface area contributed by atoms with Gasteiger partial charge in [0.2, 0.25) is 0 Å². The molecule has 200 valence electrons. The van der Waals surface area contributed by atoms with Crippen LogP contribution in [0.1, 0.15) is 54.1 Å². The molecule has 10 heteroatoms. The van der Waals surface area contributed by atoms with Gasteiger partial charge in [0.15, 0.2) is 0 Å². The lowest BCUT2D eigenvalue weighted by Gasteiger charge is -2.22. The van der Waals surface area contributed by atoms with Crippen molar-refractivity contribution in [3.8, 4) is 5.75 Å². The smallest absolute Gasteiger partial charge is 0.340 e. The minimum atomic E-state index is -4.20. The van der Waals surface area contributed by atoms with Crippen molar-refractivity contribution in [3.63, 3.8) is 0 Å². The Morgan fingerprint density at radius 3 is 2.29 bits per heavy atom. The van der Waals surface area contributed by atoms with Gasteiger partial charge in [0, 0.05) is 22.0 Å². The molecule has 1 atom stereocenters. The lowest BCUT2D eigenvalue weighted by molar-refractivity contribution is 0.00695. The van der Waals surface area contributed by atoms with E-state index in [2.05, 4.69) is 0 Å². The number of methoxy groups -OCH3 is 1. The molecule has 0 spiro atoms. The molecule has 1 N–H and O–H groups in total. The molecule has 4 rings (SSSR count). The number of hydrogen-bond donors (Lipinski definition) is 1. The first-order chi connectivity index (χ1) is 17.8. The zero-order valence-corrected chi connectivity index (χ0v) is 23.8. The Labute approximate surface area is 231 Å². The van der Waals surface area contributed by atoms with E-state index in [9.17, 15) is 18.3 Å². The van der Waals surface area contributed by atoms with Crippen molar-refractivity contribution < 1.29 is 27.8 Å². The zero-order chi connectivity index (χ0) is 28.0. The summed E-state index contributed by atoms with van der Waals surface area (Å²) in [4.78, 5) is 12.8. The second kappa shape index (κ2) is 10.3. The summed E-state index contributed by atoms with van der Waals surface area (Å²) in [7, 11) is -2.72. The third kappa shape index (κ3) is 5.14. The summed E-state index contributed by atoms with van der Waals surface area (Å²) >= 11 is 13.1. The first-order valence-corrected chi connectivity index (χ1v) is 13.9. The molecule has 0 aliphatic heterocycles. The topological polar surface area (TPSA) is 94.8 Å². The van der Waals surface area contributed by atoms with Gasteiger partial charge in [-0.25, -0.2) is 17.2 Å². The summed E-state index contributed by atoms with van der Waals surface area (Å²) in [6.07, 6.45) is -1.62. The van der Waals surface area contributed by atoms with Gasteiger partial charge in [-0.1, -0.05) is 41.4 Å². The van der Waals surface area contributed by atoms with Crippen LogP contribution in [-0.2, 0) is 14.8 Å². The van der Waals surface area contributed by atoms with Crippen LogP contribution in [0.15, 0.2) is 65.6 Å². The molecular weight excluding hydrogens is 549 g/mol. The highest BCUT2D eigenvalue weighted by Gasteiger charge is 2.32. The molecule has 1 heterocycles. The first-order valence-electron chi connectivity index (χ1n) is 11.7. The van der Waals surface area contributed by atoms with Crippen molar-refractivity contribution in [1.82, 2.24) is 3.97 Å². The number of aliphatic hydroxyl groups is 1. The van der Waals surface area contributed by atoms with Crippen LogP contribution in [0.3, 0.4) is 0 Å². The van der Waals surface area contributed by atoms with E-state index < -0.39 is 27.7 Å². The normalized spacial score (nSPS) is 12.9. The van der Waals surface area contributed by atoms with Crippen LogP contribution in [0.25, 0.3) is 10.9 Å². The van der Waals surface area contributed by atoms with E-state index in [-0.39, 0.29) is 31.8 Å². The molecule has 0 fully saturated rings. The number of aryl methyl sites for hydroxylation is 1. The van der Waals surface area contributed by atoms with Crippen molar-refractivity contribution >= 4 is 50.1 Å². The first kappa shape index (κ1) is 28.0. The summed E-state index contributed by atoms with van der Waals surface area (Å²) in [6.45, 7) is 6.96. The highest BCUT2D eigenvalue weighted by Crippen LogP contribution is 2.41. The van der Waals surface area contributed by atoms with Crippen LogP contribution < -0.4 is 4.74 Å². The second-order valence-corrected chi connectivity index (χ2v) is 12.3. The highest BCUT2D eigenvalue weighted by molar-refractivity contribution is 7.90. The highest BCUT2D eigenvalue weighted by atomic mass is 35.5. The number of aliphatic hydroxyl groups excluding tert-OH is 1. The van der Waals surface area contributed by atoms with E-state index in [4.69, 9.17) is 32.7 Å². The number of benzene rings is 3. The lowest BCUT2D eigenvalue weighted by Crippen LogP contribution is -2.24. The number of carbonyl (C=O) groups excluding carboxylic acids is 1. The minimum Gasteiger partial charge on any atom is -0.497 e. The van der Waals surface area contributed by atoms with E-state index in [0.717, 1.165) is 9.54 Å². The van der Waals surface area contributed by atoms with Crippen molar-refractivity contribution in [1.29, 1.82) is 0 Å². The number of carbonyl (C=O) groups is 1. The van der Waals surface area contributed by atoms with Gasteiger partial charge in [-0.2, -0.15) is 0 Å². The predicted molar refractivity (Wildman–Crippen MR) is 148 cm³/mol. The summed E-state index contributed by atoms with van der Waals surface area (Å²) in [5.41, 5.74) is 0.209. The molecule has 38 heavy (non-hydrogen) atoms. The molecule has 0 radical (unpaired) electrons. The molecule has 1 unspecified atom stereocenters. The molecule has 4 aromatic rings. The van der Waals surface area contributed by atoms with Gasteiger partial charge in [-0.05, 0) is 69.7 Å². The number of esters is 1. The molecule has 1 aromatic heterocycles. The number of fused-ring (bicyclic) bond motifs is 1. The summed E-state index contributed by atoms with van der Waals surface area (Å²) < 4.78 is 39.8. The molecule has 0 aliphatic carbocycles. The predicted octanol–water partition coefficient (Wildman–Crippen LogP) is 6.54. The molecule has 0 aliphatic rings. The third-order valence-corrected chi connectivity index (χ3v) is 8.39. The Morgan fingerprint density at radius 2 is 1.68 bits per heavy atom. The molecular formula is C28H27Cl2NO6S. The Bertz CT molecular complexity index is 1640. The number of ether oxygens (including phenoxy) is 2. The molecule has 0 bridgehead atoms. The minimum absolute atomic E-state index is 0.00790. The van der Waals surface area contributed by atoms with E-state index in [1.54, 1.807) is 57.2 Å². The average Bonchev–Trinajstić information content (AvgIpc) is 3.24. The number of halogens is 2. The van der Waals surface area contributed by atoms with Gasteiger partial charge in [0.1, 0.15) is 17.5 Å². The molecule has 0 amide bonds. The Kier molecular flexibility index (Phi) is 7.56. The van der Waals surface area contributed by atoms with Crippen LogP contribution in [-0.4, -0.2) is 36.2 Å². The number of aromatic nitrogens is 1. The number of rotatable bonds is 6. The van der Waals surface area contributed by atoms with Crippen molar-refractivity contribution in [2.24, 2.45) is 0 Å². The molecule has 3 aromatic carbocycles. The van der Waals surface area contributed by atoms with Gasteiger partial charge in [0.25, 0.3) is 10.0 Å². The van der Waals surface area contributed by atoms with Crippen LogP contribution in [0.2, 0.25) is 10.0 Å². The fraction of sp³-hybridized carbons (Fsp3) is 0.250. The Hall–Kier alpha value is -3.04. The van der Waals surface area contributed by atoms with Crippen LogP contribution >= 0.6 is 23.2 Å². The Balaban J connectivity index is 2.00. The van der Waals surface area contributed by atoms with E-state index in [0.29, 0.717) is 16.7 Å². The van der Waals surface area contributed by atoms with Crippen LogP contribution in [0.4, 0.5) is 0 Å². The second-order valence-electron chi connectivity index (χ2n) is 9.76. The van der Waals surface area contributed by atoms with Gasteiger partial charge in [-0.3, -0.25) is 0 Å². The maximum absolute atomic E-state index is 13.9. The fourth-order valence-electron chi connectivity index (χ4n) is 4.18. The van der Waals surface area contributed by atoms with Crippen molar-refractivity contribution in [3.05, 3.63) is 93.1 Å². The zero-order valence-electron chi connectivity index (χ0n) is 21.5. The summed E-state index contributed by atoms with van der Waals surface area (Å²) in [5.74, 6) is -0.257. The van der Waals surface area contributed by atoms with Crippen LogP contribution in [0.5, 0.6) is 5.75 Å². The van der Waals surface area contributed by atoms with Gasteiger partial charge < -0.3 is 14.6 Å². The molecule has 0 saturated heterocycles. The van der Waals surface area contributed by atoms with E-state index >= 15 is 0 Å². The number of hydrogen-bond acceptors (Lipinski definition) is 6. The van der Waals surface area contributed by atoms with E-state index in [1.165, 1.54) is 31.4 Å². The average molecular weight is 576 g/mol. The quantitative estimate of drug-likeness (QED) is 0.262. The van der Waals surface area contributed by atoms with Gasteiger partial charge >= 0.3 is 5.97 Å². The summed E-state index contributed by atoms with van der Waals surface area (Å²) in [6, 6.07) is 15.6. The monoisotopic (exact) mass is 575 g/mol. The van der Waals surface area contributed by atoms with Crippen molar-refractivity contribution in [2.45, 2.75) is 44.3 Å². The largest absolute Gasteiger partial charge is 0.497 e. The maximum Gasteiger partial charge on any atom is 0.340 e. The SMILES string of the molecule is COc1cc(C)c2cc(C(O)c3c(Cl)ccc(C(=O)OC(C)(C)C)c3Cl)n(S(=O)(=O)c3ccccc3)c2c1. The van der Waals surface area contributed by atoms with Crippen LogP contribution in [0, 0.1) is 6.92 Å². The molecule has 0 saturated carbocycles. The lowest BCUT2D eigenvalue weighted by atomic mass is 10.0. The standard InChI is InChI=1S/C28H27Cl2NO6S/c1-16-13-17(36-5)14-22-20(16)15-23(31(22)38(34,35)18-9-7-6-8-10-18)26(32)24-21(29)12-11-19(25(24)30)27(33)37-28(2,3)4/h6-15,26,32H,1-5H3. The maximum atomic E-state index is 13.9. The molecule has 7 nitrogen and oxygen atoms in total. The Morgan fingerprint density at radius 1 is 1.03 bits per heavy atom. The summed E-state index contributed by atoms with van der Waals surface area (Å²) in [5, 5.41) is 12.2. The van der Waals surface area contributed by atoms with Gasteiger partial charge in [-0.15, -0.1) is 0 Å². The van der Waals surface area contributed by atoms with E-state index in [1.807, 2.05) is 6.92 Å². The number of nitrogens with zero attached hydrogens (tertiary/aromatic N) is 1.